The molecule has 0 fully saturated rings. The van der Waals surface area contributed by atoms with Crippen molar-refractivity contribution >= 4 is 17.3 Å². The summed E-state index contributed by atoms with van der Waals surface area (Å²) >= 11 is 0.922. The Hall–Kier alpha value is -1.31. The van der Waals surface area contributed by atoms with Gasteiger partial charge in [-0.3, -0.25) is 0 Å². The van der Waals surface area contributed by atoms with Crippen LogP contribution in [0.4, 0.5) is 13.2 Å². The van der Waals surface area contributed by atoms with Gasteiger partial charge in [0.25, 0.3) is 0 Å². The molecule has 0 aliphatic rings. The lowest BCUT2D eigenvalue weighted by Gasteiger charge is -2.11. The van der Waals surface area contributed by atoms with Gasteiger partial charge in [0.1, 0.15) is 5.01 Å². The molecular weight excluding hydrogens is 265 g/mol. The zero-order valence-corrected chi connectivity index (χ0v) is 10.9. The lowest BCUT2D eigenvalue weighted by Crippen LogP contribution is -2.38. The summed E-state index contributed by atoms with van der Waals surface area (Å²) in [6.07, 6.45) is -3.52. The molecule has 1 aromatic heterocycles. The molecule has 1 unspecified atom stereocenters. The maximum atomic E-state index is 12.3. The number of hydrogen-bond donors (Lipinski definition) is 2. The van der Waals surface area contributed by atoms with Crippen LogP contribution in [0.3, 0.4) is 0 Å². The third kappa shape index (κ3) is 4.52. The number of aromatic nitrogens is 1. The molecule has 0 aliphatic carbocycles. The van der Waals surface area contributed by atoms with Crippen LogP contribution in [0.5, 0.6) is 0 Å². The summed E-state index contributed by atoms with van der Waals surface area (Å²) in [6.45, 7) is 3.98. The third-order valence-corrected chi connectivity index (χ3v) is 3.07. The first-order chi connectivity index (χ1) is 8.32. The highest BCUT2D eigenvalue weighted by Gasteiger charge is 2.33. The monoisotopic (exact) mass is 280 g/mol. The van der Waals surface area contributed by atoms with Crippen LogP contribution < -0.4 is 11.1 Å². The Labute approximate surface area is 107 Å². The van der Waals surface area contributed by atoms with E-state index < -0.39 is 11.9 Å². The van der Waals surface area contributed by atoms with Gasteiger partial charge in [0.05, 0.1) is 6.54 Å². The largest absolute Gasteiger partial charge is 0.434 e. The van der Waals surface area contributed by atoms with Crippen LogP contribution in [0.1, 0.15) is 31.0 Å². The van der Waals surface area contributed by atoms with E-state index in [0.717, 1.165) is 23.1 Å². The van der Waals surface area contributed by atoms with E-state index in [1.54, 1.807) is 0 Å². The Bertz CT molecular complexity index is 414. The molecule has 8 heteroatoms. The van der Waals surface area contributed by atoms with E-state index in [1.807, 2.05) is 13.8 Å². The second kappa shape index (κ2) is 6.03. The molecule has 0 spiro atoms. The molecule has 18 heavy (non-hydrogen) atoms. The van der Waals surface area contributed by atoms with E-state index in [2.05, 4.69) is 15.3 Å². The first kappa shape index (κ1) is 14.7. The van der Waals surface area contributed by atoms with Crippen molar-refractivity contribution in [1.82, 2.24) is 10.3 Å². The van der Waals surface area contributed by atoms with E-state index >= 15 is 0 Å². The first-order valence-electron chi connectivity index (χ1n) is 5.41. The summed E-state index contributed by atoms with van der Waals surface area (Å²) in [5.41, 5.74) is 4.70. The predicted molar refractivity (Wildman–Crippen MR) is 65.3 cm³/mol. The lowest BCUT2D eigenvalue weighted by atomic mass is 10.3. The number of thiazole rings is 1. The fraction of sp³-hybridized carbons (Fsp3) is 0.600. The molecule has 0 saturated carbocycles. The van der Waals surface area contributed by atoms with Crippen LogP contribution in [-0.2, 0) is 12.7 Å². The molecule has 0 saturated heterocycles. The summed E-state index contributed by atoms with van der Waals surface area (Å²) < 4.78 is 36.9. The molecule has 0 amide bonds. The zero-order valence-electron chi connectivity index (χ0n) is 10.1. The number of hydrogen-bond acceptors (Lipinski definition) is 3. The number of alkyl halides is 3. The van der Waals surface area contributed by atoms with Gasteiger partial charge in [0.15, 0.2) is 11.7 Å². The maximum absolute atomic E-state index is 12.3. The molecule has 1 atom stereocenters. The smallest absolute Gasteiger partial charge is 0.370 e. The van der Waals surface area contributed by atoms with Crippen LogP contribution in [-0.4, -0.2) is 17.0 Å². The molecule has 0 bridgehead atoms. The summed E-state index contributed by atoms with van der Waals surface area (Å²) in [7, 11) is 0. The number of rotatable bonds is 4. The Morgan fingerprint density at radius 1 is 1.61 bits per heavy atom. The predicted octanol–water partition coefficient (Wildman–Crippen LogP) is 2.36. The second-order valence-corrected chi connectivity index (χ2v) is 4.72. The molecular formula is C10H15F3N4S. The minimum Gasteiger partial charge on any atom is -0.370 e. The van der Waals surface area contributed by atoms with Gasteiger partial charge in [0, 0.05) is 11.4 Å². The van der Waals surface area contributed by atoms with Crippen LogP contribution >= 0.6 is 11.3 Å². The minimum absolute atomic E-state index is 0.0516. The highest BCUT2D eigenvalue weighted by atomic mass is 32.1. The van der Waals surface area contributed by atoms with Crippen molar-refractivity contribution in [2.75, 3.05) is 0 Å². The number of nitrogens with one attached hydrogen (secondary N) is 1. The van der Waals surface area contributed by atoms with Crippen molar-refractivity contribution in [1.29, 1.82) is 0 Å². The standard InChI is InChI=1S/C10H15F3N4S/c1-3-6(2)16-9(14)15-4-8-17-7(5-18-8)10(11,12)13/h5-6H,3-4H2,1-2H3,(H3,14,15,16). The normalized spacial score (nSPS) is 14.6. The molecule has 1 heterocycles. The topological polar surface area (TPSA) is 63.3 Å². The van der Waals surface area contributed by atoms with Gasteiger partial charge in [-0.2, -0.15) is 13.2 Å². The van der Waals surface area contributed by atoms with Crippen molar-refractivity contribution in [2.45, 2.75) is 39.0 Å². The Balaban J connectivity index is 2.58. The Morgan fingerprint density at radius 3 is 2.78 bits per heavy atom. The van der Waals surface area contributed by atoms with Crippen LogP contribution in [0.2, 0.25) is 0 Å². The van der Waals surface area contributed by atoms with E-state index in [0.29, 0.717) is 0 Å². The Morgan fingerprint density at radius 2 is 2.28 bits per heavy atom. The van der Waals surface area contributed by atoms with Crippen molar-refractivity contribution in [2.24, 2.45) is 10.7 Å². The third-order valence-electron chi connectivity index (χ3n) is 2.23. The van der Waals surface area contributed by atoms with Crippen molar-refractivity contribution in [3.63, 3.8) is 0 Å². The average molecular weight is 280 g/mol. The Kier molecular flexibility index (Phi) is 4.94. The number of aliphatic imine (C=N–C) groups is 1. The minimum atomic E-state index is -4.40. The van der Waals surface area contributed by atoms with Crippen LogP contribution in [0.25, 0.3) is 0 Å². The lowest BCUT2D eigenvalue weighted by molar-refractivity contribution is -0.140. The molecule has 0 aliphatic heterocycles. The number of guanidine groups is 1. The van der Waals surface area contributed by atoms with Gasteiger partial charge in [-0.25, -0.2) is 9.98 Å². The molecule has 1 aromatic rings. The van der Waals surface area contributed by atoms with Gasteiger partial charge < -0.3 is 11.1 Å². The number of halogens is 3. The van der Waals surface area contributed by atoms with Crippen molar-refractivity contribution in [3.05, 3.63) is 16.1 Å². The van der Waals surface area contributed by atoms with Crippen molar-refractivity contribution in [3.8, 4) is 0 Å². The SMILES string of the molecule is CCC(C)NC(N)=NCc1nc(C(F)(F)F)cs1. The molecule has 102 valence electrons. The molecule has 4 nitrogen and oxygen atoms in total. The van der Waals surface area contributed by atoms with Crippen LogP contribution in [0, 0.1) is 0 Å². The number of nitrogens with zero attached hydrogens (tertiary/aromatic N) is 2. The molecule has 0 aromatic carbocycles. The molecule has 1 rings (SSSR count). The summed E-state index contributed by atoms with van der Waals surface area (Å²) in [5.74, 6) is 0.216. The summed E-state index contributed by atoms with van der Waals surface area (Å²) in [5, 5.41) is 4.18. The molecule has 3 N–H and O–H groups in total. The zero-order chi connectivity index (χ0) is 13.8. The van der Waals surface area contributed by atoms with Gasteiger partial charge in [-0.15, -0.1) is 11.3 Å². The quantitative estimate of drug-likeness (QED) is 0.657. The maximum Gasteiger partial charge on any atom is 0.434 e. The average Bonchev–Trinajstić information content (AvgIpc) is 2.74. The highest BCUT2D eigenvalue weighted by Crippen LogP contribution is 2.30. The number of nitrogens with two attached hydrogens (primary N) is 1. The first-order valence-corrected chi connectivity index (χ1v) is 6.29. The molecule has 0 radical (unpaired) electrons. The fourth-order valence-corrected chi connectivity index (χ4v) is 1.79. The summed E-state index contributed by atoms with van der Waals surface area (Å²) in [4.78, 5) is 7.40. The van der Waals surface area contributed by atoms with Crippen molar-refractivity contribution < 1.29 is 13.2 Å². The van der Waals surface area contributed by atoms with Gasteiger partial charge in [-0.05, 0) is 13.3 Å². The van der Waals surface area contributed by atoms with Gasteiger partial charge in [-0.1, -0.05) is 6.92 Å². The fourth-order valence-electron chi connectivity index (χ4n) is 1.07. The van der Waals surface area contributed by atoms with Crippen LogP contribution in [0.15, 0.2) is 10.4 Å². The van der Waals surface area contributed by atoms with Gasteiger partial charge >= 0.3 is 6.18 Å². The van der Waals surface area contributed by atoms with E-state index in [4.69, 9.17) is 5.73 Å². The summed E-state index contributed by atoms with van der Waals surface area (Å²) in [6, 6.07) is 0.177. The highest BCUT2D eigenvalue weighted by molar-refractivity contribution is 7.09. The van der Waals surface area contributed by atoms with E-state index in [1.165, 1.54) is 0 Å². The van der Waals surface area contributed by atoms with Gasteiger partial charge in [0.2, 0.25) is 0 Å². The second-order valence-electron chi connectivity index (χ2n) is 3.78. The van der Waals surface area contributed by atoms with E-state index in [9.17, 15) is 13.2 Å². The van der Waals surface area contributed by atoms with E-state index in [-0.39, 0.29) is 23.6 Å².